The second-order valence-corrected chi connectivity index (χ2v) is 8.33. The number of ether oxygens (including phenoxy) is 1. The summed E-state index contributed by atoms with van der Waals surface area (Å²) in [6, 6.07) is 8.44. The van der Waals surface area contributed by atoms with Crippen molar-refractivity contribution in [2.75, 3.05) is 32.8 Å². The Morgan fingerprint density at radius 3 is 2.68 bits per heavy atom. The van der Waals surface area contributed by atoms with E-state index in [1.165, 1.54) is 16.8 Å². The molecular weight excluding hydrogens is 392 g/mol. The maximum atomic E-state index is 12.9. The van der Waals surface area contributed by atoms with Gasteiger partial charge >= 0.3 is 0 Å². The van der Waals surface area contributed by atoms with Crippen molar-refractivity contribution < 1.29 is 14.4 Å². The van der Waals surface area contributed by atoms with Gasteiger partial charge in [0.2, 0.25) is 5.91 Å². The molecule has 1 aromatic carbocycles. The van der Waals surface area contributed by atoms with Gasteiger partial charge in [-0.15, -0.1) is 0 Å². The van der Waals surface area contributed by atoms with Gasteiger partial charge in [-0.05, 0) is 38.3 Å². The highest BCUT2D eigenvalue weighted by atomic mass is 16.5. The van der Waals surface area contributed by atoms with Crippen LogP contribution in [0.2, 0.25) is 0 Å². The summed E-state index contributed by atoms with van der Waals surface area (Å²) in [6.45, 7) is 10.4. The molecule has 4 rings (SSSR count). The van der Waals surface area contributed by atoms with Crippen molar-refractivity contribution in [3.63, 3.8) is 0 Å². The fraction of sp³-hybridized carbons (Fsp3) is 0.478. The van der Waals surface area contributed by atoms with E-state index in [9.17, 15) is 4.79 Å². The number of nitrogens with zero attached hydrogens (tertiary/aromatic N) is 4. The van der Waals surface area contributed by atoms with Gasteiger partial charge in [-0.25, -0.2) is 9.50 Å². The predicted molar refractivity (Wildman–Crippen MR) is 117 cm³/mol. The molecule has 8 nitrogen and oxygen atoms in total. The average Bonchev–Trinajstić information content (AvgIpc) is 3.23. The van der Waals surface area contributed by atoms with E-state index in [4.69, 9.17) is 4.74 Å². The first-order valence-corrected chi connectivity index (χ1v) is 10.9. The minimum Gasteiger partial charge on any atom is -0.370 e. The number of amides is 1. The molecule has 1 atom stereocenters. The number of aryl methyl sites for hydroxylation is 3. The molecule has 1 aliphatic rings. The molecule has 8 heteroatoms. The zero-order valence-corrected chi connectivity index (χ0v) is 18.5. The van der Waals surface area contributed by atoms with Crippen molar-refractivity contribution in [3.8, 4) is 0 Å². The molecule has 1 fully saturated rings. The number of hydrogen-bond donors (Lipinski definition) is 2. The lowest BCUT2D eigenvalue weighted by molar-refractivity contribution is -0.909. The lowest BCUT2D eigenvalue weighted by Gasteiger charge is -2.28. The Kier molecular flexibility index (Phi) is 6.58. The molecule has 1 saturated heterocycles. The van der Waals surface area contributed by atoms with E-state index in [-0.39, 0.29) is 11.9 Å². The van der Waals surface area contributed by atoms with E-state index >= 15 is 0 Å². The second-order valence-electron chi connectivity index (χ2n) is 8.33. The van der Waals surface area contributed by atoms with Gasteiger partial charge in [0.05, 0.1) is 13.2 Å². The summed E-state index contributed by atoms with van der Waals surface area (Å²) in [5.74, 6) is 0.645. The first-order chi connectivity index (χ1) is 15.0. The Labute approximate surface area is 182 Å². The Hall–Kier alpha value is -2.84. The summed E-state index contributed by atoms with van der Waals surface area (Å²) < 4.78 is 7.23. The largest absolute Gasteiger partial charge is 0.370 e. The highest BCUT2D eigenvalue weighted by molar-refractivity contribution is 5.76. The van der Waals surface area contributed by atoms with Crippen molar-refractivity contribution in [1.82, 2.24) is 24.9 Å². The fourth-order valence-electron chi connectivity index (χ4n) is 4.23. The van der Waals surface area contributed by atoms with Crippen LogP contribution in [0, 0.1) is 20.8 Å². The van der Waals surface area contributed by atoms with Crippen molar-refractivity contribution in [2.45, 2.75) is 39.7 Å². The number of benzene rings is 1. The van der Waals surface area contributed by atoms with Crippen LogP contribution in [0.5, 0.6) is 0 Å². The standard InChI is InChI=1S/C23H30N6O2/c1-16-4-6-19(7-5-16)21(14-28-10-12-31-13-11-28)27-22(30)9-8-20-17(2)26-23-24-15-25-29(23)18(20)3/h4-7,15,21H,8-14H2,1-3H3,(H,27,30)/p+1/t21-/m0/s1. The van der Waals surface area contributed by atoms with Crippen LogP contribution in [0.15, 0.2) is 30.6 Å². The average molecular weight is 424 g/mol. The lowest BCUT2D eigenvalue weighted by Crippen LogP contribution is -3.14. The normalized spacial score (nSPS) is 15.8. The molecule has 0 radical (unpaired) electrons. The number of rotatable bonds is 7. The smallest absolute Gasteiger partial charge is 0.252 e. The Morgan fingerprint density at radius 1 is 1.19 bits per heavy atom. The highest BCUT2D eigenvalue weighted by Gasteiger charge is 2.23. The molecule has 3 aromatic rings. The fourth-order valence-corrected chi connectivity index (χ4v) is 4.23. The molecule has 31 heavy (non-hydrogen) atoms. The monoisotopic (exact) mass is 423 g/mol. The zero-order valence-electron chi connectivity index (χ0n) is 18.5. The molecule has 0 saturated carbocycles. The van der Waals surface area contributed by atoms with Crippen LogP contribution in [0.25, 0.3) is 5.78 Å². The molecular formula is C23H31N6O2+. The number of carbonyl (C=O) groups excluding carboxylic acids is 1. The van der Waals surface area contributed by atoms with Crippen molar-refractivity contribution in [1.29, 1.82) is 0 Å². The zero-order chi connectivity index (χ0) is 21.8. The lowest BCUT2D eigenvalue weighted by atomic mass is 10.0. The van der Waals surface area contributed by atoms with Gasteiger partial charge in [0.25, 0.3) is 5.78 Å². The van der Waals surface area contributed by atoms with Crippen molar-refractivity contribution >= 4 is 11.7 Å². The van der Waals surface area contributed by atoms with Gasteiger partial charge in [-0.3, -0.25) is 4.79 Å². The third kappa shape index (κ3) is 5.08. The summed E-state index contributed by atoms with van der Waals surface area (Å²) in [7, 11) is 0. The quantitative estimate of drug-likeness (QED) is 0.586. The molecule has 1 aliphatic heterocycles. The van der Waals surface area contributed by atoms with Gasteiger partial charge < -0.3 is 15.0 Å². The summed E-state index contributed by atoms with van der Waals surface area (Å²) in [4.78, 5) is 23.1. The molecule has 2 aromatic heterocycles. The molecule has 3 heterocycles. The number of quaternary nitrogens is 1. The van der Waals surface area contributed by atoms with Crippen molar-refractivity contribution in [2.24, 2.45) is 0 Å². The minimum absolute atomic E-state index is 0.0145. The molecule has 0 unspecified atom stereocenters. The Morgan fingerprint density at radius 2 is 1.94 bits per heavy atom. The Bertz CT molecular complexity index is 1040. The number of carbonyl (C=O) groups is 1. The number of morpholine rings is 1. The summed E-state index contributed by atoms with van der Waals surface area (Å²) in [6.07, 6.45) is 2.53. The van der Waals surface area contributed by atoms with Gasteiger partial charge in [-0.1, -0.05) is 29.8 Å². The molecule has 0 spiro atoms. The molecule has 0 aliphatic carbocycles. The number of fused-ring (bicyclic) bond motifs is 1. The van der Waals surface area contributed by atoms with Gasteiger partial charge in [0.15, 0.2) is 0 Å². The van der Waals surface area contributed by atoms with E-state index in [1.807, 2.05) is 13.8 Å². The van der Waals surface area contributed by atoms with Gasteiger partial charge in [0, 0.05) is 17.8 Å². The Balaban J connectivity index is 1.45. The van der Waals surface area contributed by atoms with Crippen LogP contribution >= 0.6 is 0 Å². The van der Waals surface area contributed by atoms with E-state index in [0.717, 1.165) is 55.4 Å². The SMILES string of the molecule is Cc1ccc([C@H](C[NH+]2CCOCC2)NC(=O)CCc2c(C)nc3ncnn3c2C)cc1. The van der Waals surface area contributed by atoms with E-state index in [2.05, 4.69) is 51.6 Å². The van der Waals surface area contributed by atoms with E-state index in [1.54, 1.807) is 4.52 Å². The topological polar surface area (TPSA) is 85.9 Å². The highest BCUT2D eigenvalue weighted by Crippen LogP contribution is 2.16. The number of aromatic nitrogens is 4. The number of nitrogens with one attached hydrogen (secondary N) is 2. The first kappa shape index (κ1) is 21.4. The van der Waals surface area contributed by atoms with Crippen molar-refractivity contribution in [3.05, 3.63) is 58.7 Å². The van der Waals surface area contributed by atoms with Gasteiger partial charge in [-0.2, -0.15) is 10.1 Å². The number of hydrogen-bond acceptors (Lipinski definition) is 5. The summed E-state index contributed by atoms with van der Waals surface area (Å²) in [5.41, 5.74) is 5.31. The summed E-state index contributed by atoms with van der Waals surface area (Å²) >= 11 is 0. The maximum Gasteiger partial charge on any atom is 0.252 e. The third-order valence-electron chi connectivity index (χ3n) is 6.10. The van der Waals surface area contributed by atoms with Crippen LogP contribution < -0.4 is 10.2 Å². The van der Waals surface area contributed by atoms with Crippen LogP contribution in [-0.4, -0.2) is 58.3 Å². The third-order valence-corrected chi connectivity index (χ3v) is 6.10. The van der Waals surface area contributed by atoms with Gasteiger partial charge in [0.1, 0.15) is 32.0 Å². The second kappa shape index (κ2) is 9.53. The van der Waals surface area contributed by atoms with Crippen LogP contribution in [0.3, 0.4) is 0 Å². The molecule has 0 bridgehead atoms. The van der Waals surface area contributed by atoms with E-state index in [0.29, 0.717) is 18.6 Å². The van der Waals surface area contributed by atoms with E-state index < -0.39 is 0 Å². The summed E-state index contributed by atoms with van der Waals surface area (Å²) in [5, 5.41) is 7.52. The predicted octanol–water partition coefficient (Wildman–Crippen LogP) is 0.755. The molecule has 2 N–H and O–H groups in total. The first-order valence-electron chi connectivity index (χ1n) is 10.9. The van der Waals surface area contributed by atoms with Crippen LogP contribution in [0.1, 0.15) is 40.5 Å². The van der Waals surface area contributed by atoms with Crippen LogP contribution in [-0.2, 0) is 16.0 Å². The minimum atomic E-state index is -0.0145. The van der Waals surface area contributed by atoms with Crippen LogP contribution in [0.4, 0.5) is 0 Å². The molecule has 164 valence electrons. The maximum absolute atomic E-state index is 12.9. The molecule has 1 amide bonds.